The molecule has 0 saturated heterocycles. The van der Waals surface area contributed by atoms with Crippen molar-refractivity contribution >= 4 is 15.9 Å². The molecule has 0 fully saturated rings. The molecule has 1 N–H and O–H groups in total. The quantitative estimate of drug-likeness (QED) is 0.633. The highest BCUT2D eigenvalue weighted by Gasteiger charge is 2.38. The van der Waals surface area contributed by atoms with Crippen LogP contribution in [0.4, 0.5) is 0 Å². The molecular weight excluding hydrogens is 468 g/mol. The lowest BCUT2D eigenvalue weighted by Gasteiger charge is -2.37. The van der Waals surface area contributed by atoms with E-state index in [2.05, 4.69) is 11.8 Å². The molecule has 2 aromatic rings. The SMILES string of the molecule is COc1ccccc1C#Cc1ccc2c(c1)O[C@H](CN(C)C(C)=O)[C@@H](C)CN([C@@H](C)CO)S2(=O)=O. The minimum Gasteiger partial charge on any atom is -0.495 e. The highest BCUT2D eigenvalue weighted by atomic mass is 32.2. The third-order valence-electron chi connectivity index (χ3n) is 6.11. The number of hydrogen-bond acceptors (Lipinski definition) is 6. The second kappa shape index (κ2) is 11.1. The maximum absolute atomic E-state index is 13.6. The number of sulfonamides is 1. The molecule has 0 radical (unpaired) electrons. The van der Waals surface area contributed by atoms with Crippen molar-refractivity contribution in [1.29, 1.82) is 0 Å². The lowest BCUT2D eigenvalue weighted by Crippen LogP contribution is -2.50. The summed E-state index contributed by atoms with van der Waals surface area (Å²) in [6.45, 7) is 5.13. The van der Waals surface area contributed by atoms with Gasteiger partial charge in [0.2, 0.25) is 15.9 Å². The summed E-state index contributed by atoms with van der Waals surface area (Å²) in [7, 11) is -0.699. The maximum Gasteiger partial charge on any atom is 0.247 e. The topological polar surface area (TPSA) is 96.4 Å². The number of amides is 1. The van der Waals surface area contributed by atoms with Crippen molar-refractivity contribution in [2.24, 2.45) is 5.92 Å². The van der Waals surface area contributed by atoms with Crippen LogP contribution in [0.2, 0.25) is 0 Å². The summed E-state index contributed by atoms with van der Waals surface area (Å²) in [5, 5.41) is 9.75. The summed E-state index contributed by atoms with van der Waals surface area (Å²) in [4.78, 5) is 13.4. The van der Waals surface area contributed by atoms with Gasteiger partial charge in [0.15, 0.2) is 0 Å². The Morgan fingerprint density at radius 2 is 2.00 bits per heavy atom. The van der Waals surface area contributed by atoms with Crippen LogP contribution in [0.3, 0.4) is 0 Å². The van der Waals surface area contributed by atoms with E-state index in [1.54, 1.807) is 38.1 Å². The first kappa shape index (κ1) is 26.5. The molecule has 1 aliphatic rings. The molecule has 1 heterocycles. The summed E-state index contributed by atoms with van der Waals surface area (Å²) < 4.78 is 40.0. The van der Waals surface area contributed by atoms with Gasteiger partial charge in [-0.15, -0.1) is 0 Å². The molecule has 0 aromatic heterocycles. The Kier molecular flexibility index (Phi) is 8.43. The molecule has 0 aliphatic carbocycles. The number of aliphatic hydroxyl groups excluding tert-OH is 1. The lowest BCUT2D eigenvalue weighted by molar-refractivity contribution is -0.129. The number of para-hydroxylation sites is 1. The Balaban J connectivity index is 2.09. The zero-order valence-corrected chi connectivity index (χ0v) is 21.5. The molecule has 0 saturated carbocycles. The van der Waals surface area contributed by atoms with Crippen LogP contribution >= 0.6 is 0 Å². The van der Waals surface area contributed by atoms with Crippen LogP contribution < -0.4 is 9.47 Å². The van der Waals surface area contributed by atoms with Crippen molar-refractivity contribution in [2.75, 3.05) is 33.9 Å². The summed E-state index contributed by atoms with van der Waals surface area (Å²) in [6, 6.07) is 11.5. The second-order valence-corrected chi connectivity index (χ2v) is 10.6. The number of fused-ring (bicyclic) bond motifs is 1. The molecule has 9 heteroatoms. The molecule has 0 spiro atoms. The van der Waals surface area contributed by atoms with Crippen molar-refractivity contribution in [3.63, 3.8) is 0 Å². The minimum atomic E-state index is -3.95. The average Bonchev–Trinajstić information content (AvgIpc) is 2.84. The fourth-order valence-corrected chi connectivity index (χ4v) is 5.63. The van der Waals surface area contributed by atoms with Crippen molar-refractivity contribution in [3.05, 3.63) is 53.6 Å². The van der Waals surface area contributed by atoms with E-state index >= 15 is 0 Å². The van der Waals surface area contributed by atoms with Crippen molar-refractivity contribution < 1.29 is 27.8 Å². The Morgan fingerprint density at radius 1 is 1.29 bits per heavy atom. The van der Waals surface area contributed by atoms with Crippen LogP contribution in [0, 0.1) is 17.8 Å². The Labute approximate surface area is 207 Å². The second-order valence-electron chi connectivity index (χ2n) is 8.75. The van der Waals surface area contributed by atoms with Crippen LogP contribution in [-0.4, -0.2) is 74.6 Å². The Bertz CT molecular complexity index is 1230. The lowest BCUT2D eigenvalue weighted by atomic mass is 10.0. The van der Waals surface area contributed by atoms with E-state index in [0.29, 0.717) is 16.9 Å². The molecule has 0 bridgehead atoms. The standard InChI is InChI=1S/C26H32N2O6S/c1-18-15-28(19(2)17-29)35(31,32)26-13-11-21(10-12-22-8-6-7-9-23(22)33-5)14-24(26)34-25(18)16-27(4)20(3)30/h6-9,11,13-14,18-19,25,29H,15-17H2,1-5H3/t18-,19-,25+/m0/s1. The number of hydrogen-bond donors (Lipinski definition) is 1. The molecule has 2 aromatic carbocycles. The normalized spacial score (nSPS) is 20.2. The van der Waals surface area contributed by atoms with Gasteiger partial charge in [-0.25, -0.2) is 8.42 Å². The highest BCUT2D eigenvalue weighted by molar-refractivity contribution is 7.89. The Morgan fingerprint density at radius 3 is 2.66 bits per heavy atom. The van der Waals surface area contributed by atoms with Crippen molar-refractivity contribution in [3.8, 4) is 23.3 Å². The van der Waals surface area contributed by atoms with E-state index in [4.69, 9.17) is 9.47 Å². The number of aliphatic hydroxyl groups is 1. The molecule has 188 valence electrons. The third kappa shape index (κ3) is 5.96. The summed E-state index contributed by atoms with van der Waals surface area (Å²) in [5.41, 5.74) is 1.27. The summed E-state index contributed by atoms with van der Waals surface area (Å²) in [5.74, 6) is 6.55. The summed E-state index contributed by atoms with van der Waals surface area (Å²) >= 11 is 0. The van der Waals surface area contributed by atoms with E-state index < -0.39 is 22.2 Å². The summed E-state index contributed by atoms with van der Waals surface area (Å²) in [6.07, 6.45) is -0.469. The largest absolute Gasteiger partial charge is 0.495 e. The number of rotatable bonds is 5. The first-order chi connectivity index (χ1) is 16.6. The minimum absolute atomic E-state index is 0.00280. The van der Waals surface area contributed by atoms with Crippen LogP contribution in [0.1, 0.15) is 31.9 Å². The maximum atomic E-state index is 13.6. The van der Waals surface area contributed by atoms with E-state index in [1.165, 1.54) is 17.3 Å². The van der Waals surface area contributed by atoms with Crippen molar-refractivity contribution in [1.82, 2.24) is 9.21 Å². The first-order valence-corrected chi connectivity index (χ1v) is 12.8. The van der Waals surface area contributed by atoms with Crippen LogP contribution in [-0.2, 0) is 14.8 Å². The fourth-order valence-electron chi connectivity index (χ4n) is 3.81. The van der Waals surface area contributed by atoms with Crippen LogP contribution in [0.25, 0.3) is 0 Å². The number of likely N-dealkylation sites (N-methyl/N-ethyl adjacent to an activating group) is 1. The van der Waals surface area contributed by atoms with E-state index in [9.17, 15) is 18.3 Å². The van der Waals surface area contributed by atoms with Gasteiger partial charge in [0.1, 0.15) is 22.5 Å². The molecule has 35 heavy (non-hydrogen) atoms. The number of carbonyl (C=O) groups is 1. The van der Waals surface area contributed by atoms with Crippen molar-refractivity contribution in [2.45, 2.75) is 37.8 Å². The monoisotopic (exact) mass is 500 g/mol. The highest BCUT2D eigenvalue weighted by Crippen LogP contribution is 2.34. The molecule has 3 atom stereocenters. The zero-order chi connectivity index (χ0) is 25.8. The molecule has 0 unspecified atom stereocenters. The van der Waals surface area contributed by atoms with Crippen LogP contribution in [0.15, 0.2) is 47.4 Å². The van der Waals surface area contributed by atoms with Gasteiger partial charge in [-0.05, 0) is 37.3 Å². The molecule has 8 nitrogen and oxygen atoms in total. The average molecular weight is 501 g/mol. The van der Waals surface area contributed by atoms with Gasteiger partial charge >= 0.3 is 0 Å². The van der Waals surface area contributed by atoms with Gasteiger partial charge in [-0.3, -0.25) is 4.79 Å². The van der Waals surface area contributed by atoms with Gasteiger partial charge in [-0.2, -0.15) is 4.31 Å². The number of nitrogens with zero attached hydrogens (tertiary/aromatic N) is 2. The van der Waals surface area contributed by atoms with Gasteiger partial charge < -0.3 is 19.5 Å². The predicted octanol–water partition coefficient (Wildman–Crippen LogP) is 2.34. The zero-order valence-electron chi connectivity index (χ0n) is 20.7. The van der Waals surface area contributed by atoms with Gasteiger partial charge in [0.25, 0.3) is 0 Å². The molecular formula is C26H32N2O6S. The molecule has 1 aliphatic heterocycles. The smallest absolute Gasteiger partial charge is 0.247 e. The number of methoxy groups -OCH3 is 1. The van der Waals surface area contributed by atoms with E-state index in [-0.39, 0.29) is 42.2 Å². The number of ether oxygens (including phenoxy) is 2. The van der Waals surface area contributed by atoms with Gasteiger partial charge in [-0.1, -0.05) is 30.9 Å². The first-order valence-electron chi connectivity index (χ1n) is 11.4. The fraction of sp³-hybridized carbons (Fsp3) is 0.423. The van der Waals surface area contributed by atoms with E-state index in [0.717, 1.165) is 0 Å². The Hall–Kier alpha value is -3.06. The molecule has 1 amide bonds. The number of carbonyl (C=O) groups excluding carboxylic acids is 1. The number of benzene rings is 2. The third-order valence-corrected chi connectivity index (χ3v) is 8.13. The van der Waals surface area contributed by atoms with Crippen LogP contribution in [0.5, 0.6) is 11.5 Å². The van der Waals surface area contributed by atoms with Gasteiger partial charge in [0, 0.05) is 38.0 Å². The predicted molar refractivity (Wildman–Crippen MR) is 133 cm³/mol. The molecule has 3 rings (SSSR count). The van der Waals surface area contributed by atoms with Gasteiger partial charge in [0.05, 0.1) is 25.8 Å². The van der Waals surface area contributed by atoms with E-state index in [1.807, 2.05) is 31.2 Å².